The zero-order chi connectivity index (χ0) is 14.3. The van der Waals surface area contributed by atoms with Crippen LogP contribution < -0.4 is 0 Å². The van der Waals surface area contributed by atoms with E-state index in [-0.39, 0.29) is 0 Å². The lowest BCUT2D eigenvalue weighted by Gasteiger charge is -2.54. The molecule has 2 unspecified atom stereocenters. The first-order valence-electron chi connectivity index (χ1n) is 8.24. The molecule has 0 spiro atoms. The molecule has 1 saturated heterocycles. The molecule has 0 aromatic carbocycles. The van der Waals surface area contributed by atoms with Crippen LogP contribution in [-0.2, 0) is 0 Å². The van der Waals surface area contributed by atoms with Crippen molar-refractivity contribution in [1.82, 2.24) is 4.90 Å². The van der Waals surface area contributed by atoms with Gasteiger partial charge in [-0.3, -0.25) is 4.90 Å². The smallest absolute Gasteiger partial charge is 0.0292 e. The summed E-state index contributed by atoms with van der Waals surface area (Å²) in [5.74, 6) is 0.692. The van der Waals surface area contributed by atoms with Crippen LogP contribution in [0.4, 0.5) is 0 Å². The molecular weight excluding hydrogens is 230 g/mol. The second-order valence-corrected chi connectivity index (χ2v) is 7.75. The molecule has 0 bridgehead atoms. The first kappa shape index (κ1) is 15.1. The van der Waals surface area contributed by atoms with Gasteiger partial charge >= 0.3 is 0 Å². The predicted molar refractivity (Wildman–Crippen MR) is 84.3 cm³/mol. The molecule has 110 valence electrons. The Morgan fingerprint density at radius 3 is 2.42 bits per heavy atom. The Morgan fingerprint density at radius 1 is 1.42 bits per heavy atom. The third-order valence-electron chi connectivity index (χ3n) is 6.82. The number of nitrogens with zero attached hydrogens (tertiary/aromatic N) is 1. The van der Waals surface area contributed by atoms with Gasteiger partial charge in [0.2, 0.25) is 0 Å². The van der Waals surface area contributed by atoms with E-state index in [4.69, 9.17) is 0 Å². The van der Waals surface area contributed by atoms with Gasteiger partial charge in [0.05, 0.1) is 0 Å². The zero-order valence-corrected chi connectivity index (χ0v) is 13.9. The molecule has 1 nitrogen and oxygen atoms in total. The second-order valence-electron chi connectivity index (χ2n) is 7.75. The fourth-order valence-electron chi connectivity index (χ4n) is 3.93. The lowest BCUT2D eigenvalue weighted by atomic mass is 9.51. The Balaban J connectivity index is 2.06. The van der Waals surface area contributed by atoms with Gasteiger partial charge in [-0.15, -0.1) is 0 Å². The molecule has 0 radical (unpaired) electrons. The Morgan fingerprint density at radius 2 is 2.05 bits per heavy atom. The molecule has 1 aliphatic heterocycles. The van der Waals surface area contributed by atoms with Crippen molar-refractivity contribution in [2.45, 2.75) is 73.3 Å². The highest BCUT2D eigenvalue weighted by Gasteiger charge is 2.48. The zero-order valence-electron chi connectivity index (χ0n) is 13.9. The van der Waals surface area contributed by atoms with Crippen molar-refractivity contribution in [2.75, 3.05) is 13.1 Å². The highest BCUT2D eigenvalue weighted by molar-refractivity contribution is 5.15. The third kappa shape index (κ3) is 2.51. The van der Waals surface area contributed by atoms with Crippen LogP contribution in [0.2, 0.25) is 0 Å². The summed E-state index contributed by atoms with van der Waals surface area (Å²) in [6.07, 6.45) is 8.18. The Hall–Kier alpha value is -0.300. The molecule has 0 N–H and O–H groups in total. The van der Waals surface area contributed by atoms with Crippen LogP contribution in [0.5, 0.6) is 0 Å². The van der Waals surface area contributed by atoms with Crippen molar-refractivity contribution in [3.8, 4) is 0 Å². The summed E-state index contributed by atoms with van der Waals surface area (Å²) in [7, 11) is 0. The highest BCUT2D eigenvalue weighted by Crippen LogP contribution is 2.58. The standard InChI is InChI=1S/C18H33N/c1-7-19-12-9-16(19)13-14(2)15(3)17(4,5)18(6)10-8-11-18/h13,15-16H,7-12H2,1-6H3. The molecule has 0 aromatic rings. The SMILES string of the molecule is CCN1CCC1C=C(C)C(C)C(C)(C)C1(C)CCC1. The summed E-state index contributed by atoms with van der Waals surface area (Å²) >= 11 is 0. The average molecular weight is 263 g/mol. The Kier molecular flexibility index (Phi) is 4.16. The van der Waals surface area contributed by atoms with Crippen LogP contribution in [0.25, 0.3) is 0 Å². The number of rotatable bonds is 5. The van der Waals surface area contributed by atoms with Gasteiger partial charge < -0.3 is 0 Å². The molecule has 1 heteroatoms. The predicted octanol–water partition coefficient (Wildman–Crippen LogP) is 4.88. The van der Waals surface area contributed by atoms with Crippen LogP contribution in [0, 0.1) is 16.7 Å². The summed E-state index contributed by atoms with van der Waals surface area (Å²) in [4.78, 5) is 2.58. The first-order chi connectivity index (χ1) is 8.82. The molecule has 1 aliphatic carbocycles. The second kappa shape index (κ2) is 5.24. The highest BCUT2D eigenvalue weighted by atomic mass is 15.2. The summed E-state index contributed by atoms with van der Waals surface area (Å²) in [5, 5.41) is 0. The van der Waals surface area contributed by atoms with Gasteiger partial charge in [-0.25, -0.2) is 0 Å². The van der Waals surface area contributed by atoms with Crippen molar-refractivity contribution in [3.05, 3.63) is 11.6 Å². The van der Waals surface area contributed by atoms with Crippen LogP contribution in [0.3, 0.4) is 0 Å². The molecule has 2 aliphatic rings. The van der Waals surface area contributed by atoms with E-state index >= 15 is 0 Å². The average Bonchev–Trinajstić information content (AvgIpc) is 2.30. The summed E-state index contributed by atoms with van der Waals surface area (Å²) in [6, 6.07) is 0.720. The molecule has 2 fully saturated rings. The van der Waals surface area contributed by atoms with Crippen LogP contribution in [0.15, 0.2) is 11.6 Å². The van der Waals surface area contributed by atoms with Crippen molar-refractivity contribution in [1.29, 1.82) is 0 Å². The van der Waals surface area contributed by atoms with E-state index in [0.717, 1.165) is 6.04 Å². The van der Waals surface area contributed by atoms with Crippen LogP contribution in [0.1, 0.15) is 67.2 Å². The summed E-state index contributed by atoms with van der Waals surface area (Å²) in [6.45, 7) is 17.1. The van der Waals surface area contributed by atoms with E-state index in [0.29, 0.717) is 16.7 Å². The van der Waals surface area contributed by atoms with E-state index in [1.54, 1.807) is 5.57 Å². The minimum absolute atomic E-state index is 0.423. The van der Waals surface area contributed by atoms with Gasteiger partial charge in [-0.05, 0) is 49.5 Å². The number of likely N-dealkylation sites (N-methyl/N-ethyl adjacent to an activating group) is 1. The van der Waals surface area contributed by atoms with Gasteiger partial charge in [-0.1, -0.05) is 52.7 Å². The minimum atomic E-state index is 0.423. The number of hydrogen-bond acceptors (Lipinski definition) is 1. The van der Waals surface area contributed by atoms with Gasteiger partial charge in [0, 0.05) is 12.6 Å². The van der Waals surface area contributed by atoms with Crippen molar-refractivity contribution < 1.29 is 0 Å². The van der Waals surface area contributed by atoms with Gasteiger partial charge in [0.1, 0.15) is 0 Å². The monoisotopic (exact) mass is 263 g/mol. The van der Waals surface area contributed by atoms with Gasteiger partial charge in [0.25, 0.3) is 0 Å². The normalized spacial score (nSPS) is 29.6. The molecule has 2 atom stereocenters. The Bertz CT molecular complexity index is 347. The minimum Gasteiger partial charge on any atom is -0.297 e. The lowest BCUT2D eigenvalue weighted by Crippen LogP contribution is -2.47. The quantitative estimate of drug-likeness (QED) is 0.639. The lowest BCUT2D eigenvalue weighted by molar-refractivity contribution is -0.0262. The molecule has 1 heterocycles. The molecular formula is C18H33N. The van der Waals surface area contributed by atoms with E-state index in [1.165, 1.54) is 38.8 Å². The van der Waals surface area contributed by atoms with Crippen LogP contribution in [-0.4, -0.2) is 24.0 Å². The first-order valence-corrected chi connectivity index (χ1v) is 8.24. The van der Waals surface area contributed by atoms with E-state index in [2.05, 4.69) is 52.5 Å². The molecule has 0 aromatic heterocycles. The molecule has 1 saturated carbocycles. The maximum atomic E-state index is 2.58. The fraction of sp³-hybridized carbons (Fsp3) is 0.889. The summed E-state index contributed by atoms with van der Waals surface area (Å²) < 4.78 is 0. The van der Waals surface area contributed by atoms with Crippen LogP contribution >= 0.6 is 0 Å². The molecule has 2 rings (SSSR count). The van der Waals surface area contributed by atoms with E-state index in [9.17, 15) is 0 Å². The molecule has 0 amide bonds. The maximum Gasteiger partial charge on any atom is 0.0292 e. The van der Waals surface area contributed by atoms with Crippen molar-refractivity contribution >= 4 is 0 Å². The van der Waals surface area contributed by atoms with Crippen molar-refractivity contribution in [2.24, 2.45) is 16.7 Å². The number of allylic oxidation sites excluding steroid dienone is 1. The topological polar surface area (TPSA) is 3.24 Å². The summed E-state index contributed by atoms with van der Waals surface area (Å²) in [5.41, 5.74) is 2.60. The largest absolute Gasteiger partial charge is 0.297 e. The number of likely N-dealkylation sites (tertiary alicyclic amines) is 1. The molecule has 19 heavy (non-hydrogen) atoms. The van der Waals surface area contributed by atoms with Gasteiger partial charge in [-0.2, -0.15) is 0 Å². The number of hydrogen-bond donors (Lipinski definition) is 0. The van der Waals surface area contributed by atoms with E-state index < -0.39 is 0 Å². The van der Waals surface area contributed by atoms with Crippen molar-refractivity contribution in [3.63, 3.8) is 0 Å². The van der Waals surface area contributed by atoms with E-state index in [1.807, 2.05) is 0 Å². The fourth-order valence-corrected chi connectivity index (χ4v) is 3.93. The third-order valence-corrected chi connectivity index (χ3v) is 6.82. The maximum absolute atomic E-state index is 2.58. The van der Waals surface area contributed by atoms with Gasteiger partial charge in [0.15, 0.2) is 0 Å². The Labute approximate surface area is 120 Å².